The first kappa shape index (κ1) is 17.8. The van der Waals surface area contributed by atoms with E-state index < -0.39 is 7.12 Å². The molecule has 0 radical (unpaired) electrons. The molecule has 3 rings (SSSR count). The van der Waals surface area contributed by atoms with Crippen molar-refractivity contribution < 1.29 is 14.1 Å². The highest BCUT2D eigenvalue weighted by Gasteiger charge is 2.51. The third-order valence-electron chi connectivity index (χ3n) is 5.24. The van der Waals surface area contributed by atoms with E-state index in [0.29, 0.717) is 17.4 Å². The van der Waals surface area contributed by atoms with Gasteiger partial charge < -0.3 is 14.6 Å². The molecular formula is C18H25BClNO3. The average Bonchev–Trinajstić information content (AvgIpc) is 3.26. The maximum absolute atomic E-state index is 12.0. The van der Waals surface area contributed by atoms with E-state index in [9.17, 15) is 4.79 Å². The number of carbonyl (C=O) groups excluding carboxylic acids is 1. The summed E-state index contributed by atoms with van der Waals surface area (Å²) in [6.07, 6.45) is 2.75. The molecular weight excluding hydrogens is 324 g/mol. The van der Waals surface area contributed by atoms with E-state index in [2.05, 4.69) is 5.32 Å². The number of hydrogen-bond acceptors (Lipinski definition) is 3. The summed E-state index contributed by atoms with van der Waals surface area (Å²) in [4.78, 5) is 12.0. The Morgan fingerprint density at radius 2 is 1.88 bits per heavy atom. The minimum atomic E-state index is -0.440. The van der Waals surface area contributed by atoms with Gasteiger partial charge in [0.1, 0.15) is 0 Å². The zero-order valence-electron chi connectivity index (χ0n) is 14.8. The second kappa shape index (κ2) is 6.36. The Hall–Kier alpha value is -1.04. The first-order valence-electron chi connectivity index (χ1n) is 8.58. The van der Waals surface area contributed by atoms with Crippen molar-refractivity contribution in [2.75, 3.05) is 6.54 Å². The van der Waals surface area contributed by atoms with Gasteiger partial charge in [0.25, 0.3) is 0 Å². The lowest BCUT2D eigenvalue weighted by molar-refractivity contribution is -0.120. The van der Waals surface area contributed by atoms with E-state index in [1.807, 2.05) is 45.9 Å². The number of halogens is 1. The van der Waals surface area contributed by atoms with Gasteiger partial charge in [-0.3, -0.25) is 4.79 Å². The third kappa shape index (κ3) is 3.79. The van der Waals surface area contributed by atoms with Crippen molar-refractivity contribution in [2.45, 2.75) is 58.2 Å². The summed E-state index contributed by atoms with van der Waals surface area (Å²) in [5, 5.41) is 3.54. The fourth-order valence-corrected chi connectivity index (χ4v) is 2.90. The number of nitrogens with one attached hydrogen (secondary N) is 1. The van der Waals surface area contributed by atoms with Crippen LogP contribution in [0, 0.1) is 5.92 Å². The maximum atomic E-state index is 12.0. The van der Waals surface area contributed by atoms with Gasteiger partial charge in [-0.2, -0.15) is 0 Å². The first-order valence-corrected chi connectivity index (χ1v) is 8.96. The molecule has 130 valence electrons. The molecule has 1 aromatic rings. The van der Waals surface area contributed by atoms with Gasteiger partial charge in [0, 0.05) is 11.6 Å². The molecule has 1 amide bonds. The van der Waals surface area contributed by atoms with Crippen LogP contribution in [0.1, 0.15) is 46.1 Å². The van der Waals surface area contributed by atoms with Crippen LogP contribution in [-0.2, 0) is 20.5 Å². The molecule has 4 nitrogen and oxygen atoms in total. The van der Waals surface area contributed by atoms with Gasteiger partial charge in [-0.1, -0.05) is 23.7 Å². The Morgan fingerprint density at radius 3 is 2.42 bits per heavy atom. The first-order chi connectivity index (χ1) is 11.2. The topological polar surface area (TPSA) is 47.6 Å². The molecule has 1 saturated carbocycles. The van der Waals surface area contributed by atoms with Crippen LogP contribution in [0.2, 0.25) is 5.02 Å². The van der Waals surface area contributed by atoms with Gasteiger partial charge in [0.2, 0.25) is 5.91 Å². The molecule has 0 aromatic heterocycles. The summed E-state index contributed by atoms with van der Waals surface area (Å²) in [5.74, 6) is 0.697. The van der Waals surface area contributed by atoms with Crippen molar-refractivity contribution in [1.82, 2.24) is 5.32 Å². The predicted molar refractivity (Wildman–Crippen MR) is 96.6 cm³/mol. The lowest BCUT2D eigenvalue weighted by Crippen LogP contribution is -2.41. The van der Waals surface area contributed by atoms with Gasteiger partial charge in [0.05, 0.1) is 17.6 Å². The van der Waals surface area contributed by atoms with Crippen LogP contribution in [0.5, 0.6) is 0 Å². The van der Waals surface area contributed by atoms with Crippen LogP contribution in [0.4, 0.5) is 0 Å². The van der Waals surface area contributed by atoms with Gasteiger partial charge in [0.15, 0.2) is 0 Å². The van der Waals surface area contributed by atoms with E-state index in [1.54, 1.807) is 0 Å². The Morgan fingerprint density at radius 1 is 1.25 bits per heavy atom. The van der Waals surface area contributed by atoms with Crippen LogP contribution in [0.3, 0.4) is 0 Å². The Bertz CT molecular complexity index is 627. The second-order valence-corrected chi connectivity index (χ2v) is 8.27. The standard InChI is InChI=1S/C18H25BClNO3/c1-17(2)18(3,4)24-19(23-17)14-8-7-13(15(20)10-14)9-16(22)21-11-12-5-6-12/h7-8,10,12H,5-6,9,11H2,1-4H3,(H,21,22). The minimum absolute atomic E-state index is 0.0205. The lowest BCUT2D eigenvalue weighted by atomic mass is 9.78. The summed E-state index contributed by atoms with van der Waals surface area (Å²) >= 11 is 6.38. The maximum Gasteiger partial charge on any atom is 0.494 e. The van der Waals surface area contributed by atoms with E-state index in [4.69, 9.17) is 20.9 Å². The van der Waals surface area contributed by atoms with Crippen molar-refractivity contribution in [2.24, 2.45) is 5.92 Å². The van der Waals surface area contributed by atoms with Gasteiger partial charge >= 0.3 is 7.12 Å². The van der Waals surface area contributed by atoms with Crippen LogP contribution in [0.15, 0.2) is 18.2 Å². The van der Waals surface area contributed by atoms with E-state index >= 15 is 0 Å². The lowest BCUT2D eigenvalue weighted by Gasteiger charge is -2.32. The third-order valence-corrected chi connectivity index (χ3v) is 5.59. The molecule has 2 fully saturated rings. The molecule has 1 aromatic carbocycles. The van der Waals surface area contributed by atoms with Crippen molar-refractivity contribution in [3.8, 4) is 0 Å². The molecule has 1 aliphatic heterocycles. The van der Waals surface area contributed by atoms with Crippen LogP contribution in [-0.4, -0.2) is 30.8 Å². The fraction of sp³-hybridized carbons (Fsp3) is 0.611. The number of hydrogen-bond donors (Lipinski definition) is 1. The quantitative estimate of drug-likeness (QED) is 0.832. The molecule has 24 heavy (non-hydrogen) atoms. The molecule has 2 aliphatic rings. The number of amides is 1. The second-order valence-electron chi connectivity index (χ2n) is 7.86. The number of benzene rings is 1. The van der Waals surface area contributed by atoms with E-state index in [-0.39, 0.29) is 17.1 Å². The highest BCUT2D eigenvalue weighted by atomic mass is 35.5. The largest absolute Gasteiger partial charge is 0.494 e. The van der Waals surface area contributed by atoms with Gasteiger partial charge in [-0.15, -0.1) is 0 Å². The SMILES string of the molecule is CC1(C)OB(c2ccc(CC(=O)NCC3CC3)c(Cl)c2)OC1(C)C. The molecule has 0 spiro atoms. The van der Waals surface area contributed by atoms with E-state index in [0.717, 1.165) is 17.6 Å². The Kier molecular flexibility index (Phi) is 4.71. The highest BCUT2D eigenvalue weighted by Crippen LogP contribution is 2.36. The van der Waals surface area contributed by atoms with Crippen molar-refractivity contribution in [3.63, 3.8) is 0 Å². The summed E-state index contributed by atoms with van der Waals surface area (Å²) in [6.45, 7) is 8.86. The molecule has 0 bridgehead atoms. The van der Waals surface area contributed by atoms with Crippen molar-refractivity contribution in [3.05, 3.63) is 28.8 Å². The van der Waals surface area contributed by atoms with Crippen molar-refractivity contribution >= 4 is 30.1 Å². The monoisotopic (exact) mass is 349 g/mol. The smallest absolute Gasteiger partial charge is 0.399 e. The molecule has 0 unspecified atom stereocenters. The number of carbonyl (C=O) groups is 1. The zero-order valence-corrected chi connectivity index (χ0v) is 15.6. The van der Waals surface area contributed by atoms with Gasteiger partial charge in [-0.05, 0) is 63.5 Å². The number of rotatable bonds is 5. The molecule has 1 saturated heterocycles. The summed E-state index contributed by atoms with van der Waals surface area (Å²) in [6, 6.07) is 5.66. The fourth-order valence-electron chi connectivity index (χ4n) is 2.65. The zero-order chi connectivity index (χ0) is 17.5. The minimum Gasteiger partial charge on any atom is -0.399 e. The summed E-state index contributed by atoms with van der Waals surface area (Å²) in [5.41, 5.74) is 0.933. The predicted octanol–water partition coefficient (Wildman–Crippen LogP) is 2.71. The molecule has 6 heteroatoms. The highest BCUT2D eigenvalue weighted by molar-refractivity contribution is 6.62. The van der Waals surface area contributed by atoms with Gasteiger partial charge in [-0.25, -0.2) is 0 Å². The normalized spacial score (nSPS) is 21.8. The molecule has 1 N–H and O–H groups in total. The molecule has 0 atom stereocenters. The van der Waals surface area contributed by atoms with Crippen molar-refractivity contribution in [1.29, 1.82) is 0 Å². The Labute approximate surface area is 149 Å². The average molecular weight is 350 g/mol. The van der Waals surface area contributed by atoms with E-state index in [1.165, 1.54) is 12.8 Å². The summed E-state index contributed by atoms with van der Waals surface area (Å²) in [7, 11) is -0.440. The summed E-state index contributed by atoms with van der Waals surface area (Å²) < 4.78 is 12.1. The Balaban J connectivity index is 1.65. The molecule has 1 aliphatic carbocycles. The van der Waals surface area contributed by atoms with Crippen LogP contribution in [0.25, 0.3) is 0 Å². The molecule has 1 heterocycles. The van der Waals surface area contributed by atoms with Crippen LogP contribution >= 0.6 is 11.6 Å². The van der Waals surface area contributed by atoms with Crippen LogP contribution < -0.4 is 10.8 Å².